The van der Waals surface area contributed by atoms with Crippen LogP contribution in [0.25, 0.3) is 0 Å². The SMILES string of the molecule is CCCCCC(=O)c1cccc(C(=O)Nc2ccc(Cl)cc2C(=O)O)c1. The number of unbranched alkanes of at least 4 members (excludes halogenated alkanes) is 2. The molecule has 2 N–H and O–H groups in total. The van der Waals surface area contributed by atoms with E-state index >= 15 is 0 Å². The molecule has 2 rings (SSSR count). The quantitative estimate of drug-likeness (QED) is 0.500. The van der Waals surface area contributed by atoms with Gasteiger partial charge in [0.15, 0.2) is 5.78 Å². The van der Waals surface area contributed by atoms with Crippen molar-refractivity contribution in [1.29, 1.82) is 0 Å². The van der Waals surface area contributed by atoms with Crippen molar-refractivity contribution in [3.63, 3.8) is 0 Å². The van der Waals surface area contributed by atoms with Crippen LogP contribution in [0.1, 0.15) is 63.7 Å². The van der Waals surface area contributed by atoms with Crippen molar-refractivity contribution in [1.82, 2.24) is 0 Å². The zero-order chi connectivity index (χ0) is 19.1. The van der Waals surface area contributed by atoms with E-state index in [0.717, 1.165) is 19.3 Å². The molecule has 0 saturated carbocycles. The predicted octanol–water partition coefficient (Wildman–Crippen LogP) is 5.05. The Morgan fingerprint density at radius 2 is 1.77 bits per heavy atom. The summed E-state index contributed by atoms with van der Waals surface area (Å²) in [5.41, 5.74) is 0.810. The number of anilines is 1. The Morgan fingerprint density at radius 1 is 1.04 bits per heavy atom. The minimum absolute atomic E-state index is 0.00850. The van der Waals surface area contributed by atoms with Crippen molar-refractivity contribution in [3.8, 4) is 0 Å². The van der Waals surface area contributed by atoms with Gasteiger partial charge < -0.3 is 10.4 Å². The summed E-state index contributed by atoms with van der Waals surface area (Å²) in [5.74, 6) is -1.69. The summed E-state index contributed by atoms with van der Waals surface area (Å²) < 4.78 is 0. The van der Waals surface area contributed by atoms with Gasteiger partial charge in [0.1, 0.15) is 0 Å². The zero-order valence-corrected chi connectivity index (χ0v) is 15.2. The Balaban J connectivity index is 2.17. The van der Waals surface area contributed by atoms with Crippen LogP contribution in [-0.4, -0.2) is 22.8 Å². The molecule has 0 heterocycles. The third-order valence-corrected chi connectivity index (χ3v) is 4.15. The maximum Gasteiger partial charge on any atom is 0.337 e. The summed E-state index contributed by atoms with van der Waals surface area (Å²) in [6.45, 7) is 2.07. The topological polar surface area (TPSA) is 83.5 Å². The minimum atomic E-state index is -1.19. The van der Waals surface area contributed by atoms with E-state index in [2.05, 4.69) is 12.2 Å². The first-order valence-corrected chi connectivity index (χ1v) is 8.77. The van der Waals surface area contributed by atoms with Gasteiger partial charge in [-0.3, -0.25) is 9.59 Å². The summed E-state index contributed by atoms with van der Waals surface area (Å²) in [7, 11) is 0. The molecule has 136 valence electrons. The predicted molar refractivity (Wildman–Crippen MR) is 101 cm³/mol. The lowest BCUT2D eigenvalue weighted by molar-refractivity contribution is 0.0697. The highest BCUT2D eigenvalue weighted by Crippen LogP contribution is 2.22. The van der Waals surface area contributed by atoms with Crippen molar-refractivity contribution < 1.29 is 19.5 Å². The number of carboxylic acids is 1. The first-order chi connectivity index (χ1) is 12.4. The number of Topliss-reactive ketones (excluding diaryl/α,β-unsaturated/α-hetero) is 1. The molecule has 2 aromatic rings. The van der Waals surface area contributed by atoms with Gasteiger partial charge in [0.25, 0.3) is 5.91 Å². The molecule has 0 fully saturated rings. The number of carbonyl (C=O) groups excluding carboxylic acids is 2. The van der Waals surface area contributed by atoms with Crippen molar-refractivity contribution in [2.45, 2.75) is 32.6 Å². The highest BCUT2D eigenvalue weighted by molar-refractivity contribution is 6.31. The molecular formula is C20H20ClNO4. The van der Waals surface area contributed by atoms with E-state index in [-0.39, 0.29) is 27.6 Å². The number of carbonyl (C=O) groups is 3. The largest absolute Gasteiger partial charge is 0.478 e. The van der Waals surface area contributed by atoms with E-state index in [0.29, 0.717) is 12.0 Å². The number of rotatable bonds is 8. The summed E-state index contributed by atoms with van der Waals surface area (Å²) in [4.78, 5) is 36.0. The number of carboxylic acid groups (broad SMARTS) is 1. The molecule has 0 aromatic heterocycles. The second-order valence-corrected chi connectivity index (χ2v) is 6.35. The van der Waals surface area contributed by atoms with Crippen LogP contribution in [0.5, 0.6) is 0 Å². The highest BCUT2D eigenvalue weighted by atomic mass is 35.5. The van der Waals surface area contributed by atoms with Crippen molar-refractivity contribution >= 4 is 34.9 Å². The van der Waals surface area contributed by atoms with Gasteiger partial charge in [-0.1, -0.05) is 43.5 Å². The van der Waals surface area contributed by atoms with Crippen LogP contribution in [0, 0.1) is 0 Å². The molecule has 0 bridgehead atoms. The highest BCUT2D eigenvalue weighted by Gasteiger charge is 2.15. The second-order valence-electron chi connectivity index (χ2n) is 5.91. The van der Waals surface area contributed by atoms with Gasteiger partial charge in [0.05, 0.1) is 11.3 Å². The molecule has 0 aliphatic heterocycles. The number of hydrogen-bond donors (Lipinski definition) is 2. The van der Waals surface area contributed by atoms with Crippen LogP contribution in [-0.2, 0) is 0 Å². The van der Waals surface area contributed by atoms with Gasteiger partial charge in [-0.05, 0) is 36.8 Å². The van der Waals surface area contributed by atoms with Gasteiger partial charge in [-0.15, -0.1) is 0 Å². The molecule has 2 aromatic carbocycles. The van der Waals surface area contributed by atoms with E-state index in [1.165, 1.54) is 24.3 Å². The average molecular weight is 374 g/mol. The Bertz CT molecular complexity index is 832. The molecule has 0 aliphatic rings. The monoisotopic (exact) mass is 373 g/mol. The van der Waals surface area contributed by atoms with E-state index in [4.69, 9.17) is 11.6 Å². The molecular weight excluding hydrogens is 354 g/mol. The molecule has 26 heavy (non-hydrogen) atoms. The number of halogens is 1. The minimum Gasteiger partial charge on any atom is -0.478 e. The van der Waals surface area contributed by atoms with Gasteiger partial charge in [0, 0.05) is 22.6 Å². The lowest BCUT2D eigenvalue weighted by Gasteiger charge is -2.10. The molecule has 1 amide bonds. The number of ketones is 1. The number of hydrogen-bond acceptors (Lipinski definition) is 3. The molecule has 5 nitrogen and oxygen atoms in total. The first kappa shape index (κ1) is 19.7. The van der Waals surface area contributed by atoms with Crippen LogP contribution in [0.15, 0.2) is 42.5 Å². The number of aromatic carboxylic acids is 1. The Kier molecular flexibility index (Phi) is 6.92. The second kappa shape index (κ2) is 9.15. The third-order valence-electron chi connectivity index (χ3n) is 3.91. The van der Waals surface area contributed by atoms with E-state index in [1.807, 2.05) is 0 Å². The lowest BCUT2D eigenvalue weighted by atomic mass is 10.0. The summed E-state index contributed by atoms with van der Waals surface area (Å²) in [6.07, 6.45) is 3.28. The maximum atomic E-state index is 12.5. The first-order valence-electron chi connectivity index (χ1n) is 8.40. The summed E-state index contributed by atoms with van der Waals surface area (Å²) in [5, 5.41) is 12.1. The fourth-order valence-electron chi connectivity index (χ4n) is 2.51. The zero-order valence-electron chi connectivity index (χ0n) is 14.4. The van der Waals surface area contributed by atoms with E-state index < -0.39 is 11.9 Å². The lowest BCUT2D eigenvalue weighted by Crippen LogP contribution is -2.15. The van der Waals surface area contributed by atoms with Crippen LogP contribution in [0.2, 0.25) is 5.02 Å². The Labute approximate surface area is 157 Å². The van der Waals surface area contributed by atoms with Crippen LogP contribution in [0.4, 0.5) is 5.69 Å². The van der Waals surface area contributed by atoms with Crippen LogP contribution < -0.4 is 5.32 Å². The summed E-state index contributed by atoms with van der Waals surface area (Å²) >= 11 is 5.81. The average Bonchev–Trinajstić information content (AvgIpc) is 2.63. The van der Waals surface area contributed by atoms with Crippen molar-refractivity contribution in [2.75, 3.05) is 5.32 Å². The fraction of sp³-hybridized carbons (Fsp3) is 0.250. The molecule has 0 atom stereocenters. The van der Waals surface area contributed by atoms with Crippen LogP contribution in [0.3, 0.4) is 0 Å². The van der Waals surface area contributed by atoms with Gasteiger partial charge in [0.2, 0.25) is 0 Å². The molecule has 0 radical (unpaired) electrons. The molecule has 0 unspecified atom stereocenters. The van der Waals surface area contributed by atoms with Crippen LogP contribution >= 0.6 is 11.6 Å². The summed E-state index contributed by atoms with van der Waals surface area (Å²) in [6, 6.07) is 10.6. The Morgan fingerprint density at radius 3 is 2.46 bits per heavy atom. The van der Waals surface area contributed by atoms with Gasteiger partial charge in [-0.2, -0.15) is 0 Å². The number of nitrogens with one attached hydrogen (secondary N) is 1. The van der Waals surface area contributed by atoms with Crippen molar-refractivity contribution in [3.05, 3.63) is 64.2 Å². The maximum absolute atomic E-state index is 12.5. The third kappa shape index (κ3) is 5.17. The van der Waals surface area contributed by atoms with E-state index in [1.54, 1.807) is 18.2 Å². The fourth-order valence-corrected chi connectivity index (χ4v) is 2.68. The number of amides is 1. The molecule has 0 saturated heterocycles. The number of benzene rings is 2. The van der Waals surface area contributed by atoms with E-state index in [9.17, 15) is 19.5 Å². The van der Waals surface area contributed by atoms with Crippen molar-refractivity contribution in [2.24, 2.45) is 0 Å². The smallest absolute Gasteiger partial charge is 0.337 e. The molecule has 0 aliphatic carbocycles. The standard InChI is InChI=1S/C20H20ClNO4/c1-2-3-4-8-18(23)13-6-5-7-14(11-13)19(24)22-17-10-9-15(21)12-16(17)20(25)26/h5-7,9-12H,2-4,8H2,1H3,(H,22,24)(H,25,26). The molecule has 6 heteroatoms. The normalized spacial score (nSPS) is 10.4. The molecule has 0 spiro atoms. The van der Waals surface area contributed by atoms with Gasteiger partial charge >= 0.3 is 5.97 Å². The van der Waals surface area contributed by atoms with Gasteiger partial charge in [-0.25, -0.2) is 4.79 Å². The Hall–Kier alpha value is -2.66.